The Labute approximate surface area is 278 Å². The number of aromatic nitrogens is 3. The standard InChI is InChI=1S/C34H43ClFN7O2S/c1-21(37)5-3-6-22-17-27(31(36)28(35)18-22)29-19-24-20-43(34(44)41-32(24)40-29)26-11-9-23(10-12-26)30-8-4-7-25(13-15-45-33(38)39)42(30)14-16-46-2/h9-12,17-21,25,30H,3-8,13-16,37H2,1-2H3,(H3,38,39)(H,40,41,44)/t21-,25-,30-/m0/s1. The Bertz CT molecular complexity index is 1710. The van der Waals surface area contributed by atoms with Gasteiger partial charge in [0.2, 0.25) is 0 Å². The lowest BCUT2D eigenvalue weighted by atomic mass is 9.89. The maximum atomic E-state index is 15.2. The zero-order valence-electron chi connectivity index (χ0n) is 26.4. The lowest BCUT2D eigenvalue weighted by molar-refractivity contribution is 0.0728. The van der Waals surface area contributed by atoms with Crippen LogP contribution >= 0.6 is 23.4 Å². The second-order valence-electron chi connectivity index (χ2n) is 12.1. The van der Waals surface area contributed by atoms with Gasteiger partial charge in [-0.25, -0.2) is 9.18 Å². The van der Waals surface area contributed by atoms with Crippen LogP contribution in [0.3, 0.4) is 0 Å². The molecule has 1 aliphatic rings. The number of nitrogens with zero attached hydrogens (tertiary/aromatic N) is 3. The lowest BCUT2D eigenvalue weighted by Gasteiger charge is -2.42. The average molecular weight is 668 g/mol. The number of aromatic amines is 1. The Morgan fingerprint density at radius 3 is 2.76 bits per heavy atom. The van der Waals surface area contributed by atoms with E-state index in [9.17, 15) is 4.79 Å². The molecule has 1 fully saturated rings. The van der Waals surface area contributed by atoms with E-state index in [2.05, 4.69) is 33.3 Å². The number of thioether (sulfide) groups is 1. The highest BCUT2D eigenvalue weighted by Crippen LogP contribution is 2.36. The molecule has 246 valence electrons. The van der Waals surface area contributed by atoms with Gasteiger partial charge in [0.1, 0.15) is 5.65 Å². The van der Waals surface area contributed by atoms with Crippen LogP contribution in [-0.4, -0.2) is 62.7 Å². The Kier molecular flexibility index (Phi) is 11.4. The van der Waals surface area contributed by atoms with Gasteiger partial charge in [0.15, 0.2) is 5.82 Å². The fourth-order valence-electron chi connectivity index (χ4n) is 6.44. The van der Waals surface area contributed by atoms with Crippen LogP contribution in [0.15, 0.2) is 53.5 Å². The maximum absolute atomic E-state index is 15.2. The Balaban J connectivity index is 1.38. The average Bonchev–Trinajstić information content (AvgIpc) is 3.43. The van der Waals surface area contributed by atoms with Gasteiger partial charge in [-0.05, 0) is 99.6 Å². The monoisotopic (exact) mass is 667 g/mol. The summed E-state index contributed by atoms with van der Waals surface area (Å²) in [6.45, 7) is 3.35. The summed E-state index contributed by atoms with van der Waals surface area (Å²) in [5.41, 5.74) is 14.9. The summed E-state index contributed by atoms with van der Waals surface area (Å²) < 4.78 is 22.0. The number of likely N-dealkylation sites (tertiary alicyclic amines) is 1. The number of fused-ring (bicyclic) bond motifs is 1. The van der Waals surface area contributed by atoms with E-state index in [0.717, 1.165) is 62.8 Å². The van der Waals surface area contributed by atoms with Crippen LogP contribution in [0.2, 0.25) is 5.02 Å². The SMILES string of the molecule is CSCCN1[C@H](CCOC(=N)N)CCC[C@H]1c1ccc(-n2cc3cc(-c4cc(CCC[C@H](C)N)cc(Cl)c4F)[nH]c3nc2=O)cc1. The number of piperidine rings is 1. The Hall–Kier alpha value is -3.38. The summed E-state index contributed by atoms with van der Waals surface area (Å²) in [5.74, 6) is 0.504. The van der Waals surface area contributed by atoms with Crippen LogP contribution in [0.4, 0.5) is 4.39 Å². The number of hydrogen-bond donors (Lipinski definition) is 4. The summed E-state index contributed by atoms with van der Waals surface area (Å²) in [5, 5.41) is 8.12. The van der Waals surface area contributed by atoms with E-state index in [1.54, 1.807) is 24.4 Å². The van der Waals surface area contributed by atoms with Crippen LogP contribution in [0.5, 0.6) is 0 Å². The lowest BCUT2D eigenvalue weighted by Crippen LogP contribution is -2.43. The first-order valence-electron chi connectivity index (χ1n) is 15.8. The van der Waals surface area contributed by atoms with Gasteiger partial charge >= 0.3 is 5.69 Å². The number of ether oxygens (including phenoxy) is 1. The van der Waals surface area contributed by atoms with Crippen molar-refractivity contribution in [2.24, 2.45) is 11.5 Å². The molecule has 0 saturated carbocycles. The zero-order chi connectivity index (χ0) is 32.8. The molecule has 1 saturated heterocycles. The topological polar surface area (TPSA) is 139 Å². The van der Waals surface area contributed by atoms with Gasteiger partial charge in [0, 0.05) is 47.6 Å². The molecule has 0 aliphatic carbocycles. The van der Waals surface area contributed by atoms with Gasteiger partial charge in [0.25, 0.3) is 6.02 Å². The van der Waals surface area contributed by atoms with Crippen molar-refractivity contribution in [1.29, 1.82) is 5.41 Å². The molecule has 0 amide bonds. The molecule has 0 radical (unpaired) electrons. The van der Waals surface area contributed by atoms with E-state index in [1.807, 2.05) is 30.8 Å². The molecule has 9 nitrogen and oxygen atoms in total. The van der Waals surface area contributed by atoms with Gasteiger partial charge in [0.05, 0.1) is 23.0 Å². The predicted molar refractivity (Wildman–Crippen MR) is 187 cm³/mol. The summed E-state index contributed by atoms with van der Waals surface area (Å²) in [6.07, 6.45) is 10.4. The molecule has 5 rings (SSSR count). The van der Waals surface area contributed by atoms with E-state index >= 15 is 4.39 Å². The van der Waals surface area contributed by atoms with Crippen LogP contribution in [0.25, 0.3) is 28.0 Å². The molecule has 3 heterocycles. The van der Waals surface area contributed by atoms with Crippen LogP contribution in [0, 0.1) is 11.2 Å². The van der Waals surface area contributed by atoms with Crippen molar-refractivity contribution in [2.45, 2.75) is 70.0 Å². The van der Waals surface area contributed by atoms with Crippen LogP contribution < -0.4 is 17.2 Å². The fourth-order valence-corrected chi connectivity index (χ4v) is 7.07. The number of H-pyrrole nitrogens is 1. The number of nitrogens with one attached hydrogen (secondary N) is 2. The van der Waals surface area contributed by atoms with Crippen molar-refractivity contribution >= 4 is 40.4 Å². The minimum atomic E-state index is -0.516. The largest absolute Gasteiger partial charge is 0.466 e. The van der Waals surface area contributed by atoms with E-state index in [-0.39, 0.29) is 23.1 Å². The van der Waals surface area contributed by atoms with Gasteiger partial charge in [-0.2, -0.15) is 16.7 Å². The summed E-state index contributed by atoms with van der Waals surface area (Å²) in [6, 6.07) is 13.8. The highest BCUT2D eigenvalue weighted by molar-refractivity contribution is 7.98. The highest BCUT2D eigenvalue weighted by Gasteiger charge is 2.31. The number of hydrogen-bond acceptors (Lipinski definition) is 7. The molecular weight excluding hydrogens is 625 g/mol. The fraction of sp³-hybridized carbons (Fsp3) is 0.441. The first-order chi connectivity index (χ1) is 22.1. The van der Waals surface area contributed by atoms with Gasteiger partial charge in [-0.3, -0.25) is 14.9 Å². The molecule has 6 N–H and O–H groups in total. The van der Waals surface area contributed by atoms with Crippen molar-refractivity contribution in [1.82, 2.24) is 19.4 Å². The number of amidine groups is 1. The summed E-state index contributed by atoms with van der Waals surface area (Å²) in [4.78, 5) is 23.1. The number of nitrogens with two attached hydrogens (primary N) is 2. The third-order valence-electron chi connectivity index (χ3n) is 8.71. The number of halogens is 2. The van der Waals surface area contributed by atoms with E-state index in [4.69, 9.17) is 33.2 Å². The quantitative estimate of drug-likeness (QED) is 0.0956. The third kappa shape index (κ3) is 8.12. The van der Waals surface area contributed by atoms with Crippen molar-refractivity contribution < 1.29 is 9.13 Å². The van der Waals surface area contributed by atoms with Gasteiger partial charge in [-0.15, -0.1) is 0 Å². The normalized spacial score (nSPS) is 17.8. The second kappa shape index (κ2) is 15.5. The van der Waals surface area contributed by atoms with E-state index in [0.29, 0.717) is 40.6 Å². The van der Waals surface area contributed by atoms with E-state index < -0.39 is 11.5 Å². The second-order valence-corrected chi connectivity index (χ2v) is 13.5. The molecular formula is C34H43ClFN7O2S. The number of benzene rings is 2. The number of aryl methyl sites for hydroxylation is 1. The maximum Gasteiger partial charge on any atom is 0.354 e. The minimum Gasteiger partial charge on any atom is -0.466 e. The molecule has 12 heteroatoms. The molecule has 2 aromatic carbocycles. The van der Waals surface area contributed by atoms with Gasteiger partial charge < -0.3 is 21.2 Å². The van der Waals surface area contributed by atoms with Crippen LogP contribution in [-0.2, 0) is 11.2 Å². The first-order valence-corrected chi connectivity index (χ1v) is 17.6. The van der Waals surface area contributed by atoms with Crippen molar-refractivity contribution in [2.75, 3.05) is 25.2 Å². The smallest absolute Gasteiger partial charge is 0.354 e. The number of rotatable bonds is 13. The zero-order valence-corrected chi connectivity index (χ0v) is 28.0. The molecule has 2 aromatic heterocycles. The first kappa shape index (κ1) is 34.0. The molecule has 46 heavy (non-hydrogen) atoms. The summed E-state index contributed by atoms with van der Waals surface area (Å²) >= 11 is 8.10. The summed E-state index contributed by atoms with van der Waals surface area (Å²) in [7, 11) is 0. The van der Waals surface area contributed by atoms with Gasteiger partial charge in [-0.1, -0.05) is 23.7 Å². The molecule has 0 unspecified atom stereocenters. The molecule has 1 aliphatic heterocycles. The van der Waals surface area contributed by atoms with Crippen LogP contribution in [0.1, 0.15) is 62.6 Å². The Morgan fingerprint density at radius 1 is 1.26 bits per heavy atom. The molecule has 0 spiro atoms. The molecule has 3 atom stereocenters. The van der Waals surface area contributed by atoms with Crippen molar-refractivity contribution in [3.8, 4) is 16.9 Å². The van der Waals surface area contributed by atoms with Crippen molar-refractivity contribution in [3.05, 3.63) is 81.1 Å². The molecule has 0 bridgehead atoms. The predicted octanol–water partition coefficient (Wildman–Crippen LogP) is 6.40. The molecule has 4 aromatic rings. The van der Waals surface area contributed by atoms with Crippen molar-refractivity contribution in [3.63, 3.8) is 0 Å². The van der Waals surface area contributed by atoms with E-state index in [1.165, 1.54) is 10.1 Å². The Morgan fingerprint density at radius 2 is 2.04 bits per heavy atom. The third-order valence-corrected chi connectivity index (χ3v) is 9.58. The highest BCUT2D eigenvalue weighted by atomic mass is 35.5. The minimum absolute atomic E-state index is 0.0558.